The molecule has 4 heteroatoms. The average molecular weight is 367 g/mol. The van der Waals surface area contributed by atoms with Gasteiger partial charge >= 0.3 is 0 Å². The van der Waals surface area contributed by atoms with Crippen molar-refractivity contribution < 1.29 is 4.92 Å². The molecule has 0 atom stereocenters. The number of anilines is 1. The predicted octanol–water partition coefficient (Wildman–Crippen LogP) is 6.70. The molecule has 1 saturated carbocycles. The SMILES string of the molecule is CCCCC[C@H]1CC[C@H](c2ccc(-c3ccc(N)c([N+](=O)[O-])c3)cc2)CC1. The Balaban J connectivity index is 1.63. The summed E-state index contributed by atoms with van der Waals surface area (Å²) in [5.74, 6) is 1.57. The van der Waals surface area contributed by atoms with Crippen molar-refractivity contribution in [2.45, 2.75) is 64.2 Å². The Kier molecular flexibility index (Phi) is 6.49. The molecule has 27 heavy (non-hydrogen) atoms. The Morgan fingerprint density at radius 3 is 2.30 bits per heavy atom. The minimum Gasteiger partial charge on any atom is -0.393 e. The Bertz CT molecular complexity index is 762. The van der Waals surface area contributed by atoms with E-state index in [1.165, 1.54) is 56.9 Å². The van der Waals surface area contributed by atoms with Gasteiger partial charge in [-0.1, -0.05) is 62.9 Å². The van der Waals surface area contributed by atoms with Crippen molar-refractivity contribution >= 4 is 11.4 Å². The van der Waals surface area contributed by atoms with Gasteiger partial charge in [-0.25, -0.2) is 0 Å². The molecular formula is C23H30N2O2. The third-order valence-electron chi connectivity index (χ3n) is 6.01. The Morgan fingerprint density at radius 1 is 1.00 bits per heavy atom. The highest BCUT2D eigenvalue weighted by atomic mass is 16.6. The van der Waals surface area contributed by atoms with Gasteiger partial charge in [0.15, 0.2) is 0 Å². The van der Waals surface area contributed by atoms with Crippen LogP contribution in [0.15, 0.2) is 42.5 Å². The quantitative estimate of drug-likeness (QED) is 0.256. The Morgan fingerprint density at radius 2 is 1.67 bits per heavy atom. The van der Waals surface area contributed by atoms with Crippen LogP contribution in [-0.2, 0) is 0 Å². The van der Waals surface area contributed by atoms with Gasteiger partial charge in [-0.05, 0) is 60.3 Å². The highest BCUT2D eigenvalue weighted by Crippen LogP contribution is 2.38. The number of hydrogen-bond acceptors (Lipinski definition) is 3. The first kappa shape index (κ1) is 19.4. The van der Waals surface area contributed by atoms with Gasteiger partial charge in [0.1, 0.15) is 5.69 Å². The second-order valence-electron chi connectivity index (χ2n) is 7.87. The number of nitrogens with two attached hydrogens (primary N) is 1. The molecule has 0 spiro atoms. The van der Waals surface area contributed by atoms with E-state index in [2.05, 4.69) is 31.2 Å². The maximum absolute atomic E-state index is 11.1. The van der Waals surface area contributed by atoms with E-state index in [4.69, 9.17) is 5.73 Å². The zero-order valence-corrected chi connectivity index (χ0v) is 16.2. The summed E-state index contributed by atoms with van der Waals surface area (Å²) in [6.45, 7) is 2.27. The van der Waals surface area contributed by atoms with Crippen molar-refractivity contribution in [3.05, 3.63) is 58.1 Å². The van der Waals surface area contributed by atoms with Gasteiger partial charge in [0.05, 0.1) is 4.92 Å². The van der Waals surface area contributed by atoms with Crippen LogP contribution in [0, 0.1) is 16.0 Å². The largest absolute Gasteiger partial charge is 0.393 e. The second kappa shape index (κ2) is 9.03. The minimum absolute atomic E-state index is 0.0297. The van der Waals surface area contributed by atoms with Crippen LogP contribution < -0.4 is 5.73 Å². The third kappa shape index (κ3) is 4.88. The molecule has 3 rings (SSSR count). The fraction of sp³-hybridized carbons (Fsp3) is 0.478. The molecule has 144 valence electrons. The van der Waals surface area contributed by atoms with Crippen molar-refractivity contribution in [1.82, 2.24) is 0 Å². The molecule has 0 heterocycles. The normalized spacial score (nSPS) is 19.7. The van der Waals surface area contributed by atoms with E-state index in [1.807, 2.05) is 6.07 Å². The van der Waals surface area contributed by atoms with Gasteiger partial charge in [0, 0.05) is 6.07 Å². The maximum Gasteiger partial charge on any atom is 0.292 e. The number of benzene rings is 2. The van der Waals surface area contributed by atoms with Crippen LogP contribution in [0.4, 0.5) is 11.4 Å². The van der Waals surface area contributed by atoms with E-state index in [-0.39, 0.29) is 11.4 Å². The topological polar surface area (TPSA) is 69.2 Å². The summed E-state index contributed by atoms with van der Waals surface area (Å²) in [6.07, 6.45) is 10.7. The lowest BCUT2D eigenvalue weighted by atomic mass is 9.77. The molecule has 0 amide bonds. The molecule has 2 aromatic carbocycles. The summed E-state index contributed by atoms with van der Waals surface area (Å²) >= 11 is 0. The van der Waals surface area contributed by atoms with Crippen molar-refractivity contribution in [2.75, 3.05) is 5.73 Å². The summed E-state index contributed by atoms with van der Waals surface area (Å²) in [4.78, 5) is 10.7. The van der Waals surface area contributed by atoms with Crippen LogP contribution in [-0.4, -0.2) is 4.92 Å². The molecule has 0 aromatic heterocycles. The van der Waals surface area contributed by atoms with Gasteiger partial charge in [0.25, 0.3) is 5.69 Å². The summed E-state index contributed by atoms with van der Waals surface area (Å²) < 4.78 is 0. The molecule has 1 aliphatic carbocycles. The fourth-order valence-corrected chi connectivity index (χ4v) is 4.30. The summed E-state index contributed by atoms with van der Waals surface area (Å²) in [6, 6.07) is 13.6. The fourth-order valence-electron chi connectivity index (χ4n) is 4.30. The number of nitro benzene ring substituents is 1. The van der Waals surface area contributed by atoms with Crippen LogP contribution in [0.2, 0.25) is 0 Å². The highest BCUT2D eigenvalue weighted by Gasteiger charge is 2.22. The van der Waals surface area contributed by atoms with Crippen LogP contribution >= 0.6 is 0 Å². The van der Waals surface area contributed by atoms with Crippen LogP contribution in [0.25, 0.3) is 11.1 Å². The number of unbranched alkanes of at least 4 members (excludes halogenated alkanes) is 2. The van der Waals surface area contributed by atoms with Gasteiger partial charge < -0.3 is 5.73 Å². The monoisotopic (exact) mass is 366 g/mol. The first-order chi connectivity index (χ1) is 13.1. The molecule has 2 N–H and O–H groups in total. The first-order valence-electron chi connectivity index (χ1n) is 10.2. The molecule has 0 saturated heterocycles. The molecule has 2 aromatic rings. The standard InChI is InChI=1S/C23H30N2O2/c1-2-3-4-5-17-6-8-18(9-7-17)19-10-12-20(13-11-19)21-14-15-22(24)23(16-21)25(26)27/h10-18H,2-9,24H2,1H3/t17-,18-. The molecular weight excluding hydrogens is 336 g/mol. The van der Waals surface area contributed by atoms with Crippen LogP contribution in [0.1, 0.15) is 69.8 Å². The van der Waals surface area contributed by atoms with Crippen molar-refractivity contribution in [3.63, 3.8) is 0 Å². The lowest BCUT2D eigenvalue weighted by Crippen LogP contribution is -2.13. The second-order valence-corrected chi connectivity index (χ2v) is 7.87. The zero-order chi connectivity index (χ0) is 19.2. The van der Waals surface area contributed by atoms with E-state index in [9.17, 15) is 10.1 Å². The number of nitrogen functional groups attached to an aromatic ring is 1. The lowest BCUT2D eigenvalue weighted by molar-refractivity contribution is -0.383. The number of nitro groups is 1. The molecule has 4 nitrogen and oxygen atoms in total. The lowest BCUT2D eigenvalue weighted by Gasteiger charge is -2.29. The number of hydrogen-bond donors (Lipinski definition) is 1. The molecule has 0 unspecified atom stereocenters. The van der Waals surface area contributed by atoms with E-state index >= 15 is 0 Å². The maximum atomic E-state index is 11.1. The summed E-state index contributed by atoms with van der Waals surface area (Å²) in [7, 11) is 0. The predicted molar refractivity (Wildman–Crippen MR) is 112 cm³/mol. The van der Waals surface area contributed by atoms with E-state index in [1.54, 1.807) is 12.1 Å². The average Bonchev–Trinajstić information content (AvgIpc) is 2.69. The van der Waals surface area contributed by atoms with Crippen molar-refractivity contribution in [3.8, 4) is 11.1 Å². The van der Waals surface area contributed by atoms with Crippen molar-refractivity contribution in [2.24, 2.45) is 5.92 Å². The zero-order valence-electron chi connectivity index (χ0n) is 16.2. The summed E-state index contributed by atoms with van der Waals surface area (Å²) in [5, 5.41) is 11.1. The van der Waals surface area contributed by atoms with Crippen molar-refractivity contribution in [1.29, 1.82) is 0 Å². The highest BCUT2D eigenvalue weighted by molar-refractivity contribution is 5.72. The molecule has 1 fully saturated rings. The smallest absolute Gasteiger partial charge is 0.292 e. The molecule has 0 bridgehead atoms. The van der Waals surface area contributed by atoms with Gasteiger partial charge in [0.2, 0.25) is 0 Å². The van der Waals surface area contributed by atoms with E-state index < -0.39 is 4.92 Å². The van der Waals surface area contributed by atoms with Crippen LogP contribution in [0.5, 0.6) is 0 Å². The molecule has 0 aliphatic heterocycles. The number of rotatable bonds is 7. The van der Waals surface area contributed by atoms with Gasteiger partial charge in [-0.3, -0.25) is 10.1 Å². The van der Waals surface area contributed by atoms with Gasteiger partial charge in [-0.2, -0.15) is 0 Å². The van der Waals surface area contributed by atoms with E-state index in [0.29, 0.717) is 5.92 Å². The summed E-state index contributed by atoms with van der Waals surface area (Å²) in [5.41, 5.74) is 9.10. The Labute approximate surface area is 161 Å². The molecule has 1 aliphatic rings. The molecule has 0 radical (unpaired) electrons. The van der Waals surface area contributed by atoms with Crippen LogP contribution in [0.3, 0.4) is 0 Å². The minimum atomic E-state index is -0.424. The third-order valence-corrected chi connectivity index (χ3v) is 6.01. The number of nitrogens with zero attached hydrogens (tertiary/aromatic N) is 1. The van der Waals surface area contributed by atoms with E-state index in [0.717, 1.165) is 17.0 Å². The van der Waals surface area contributed by atoms with Gasteiger partial charge in [-0.15, -0.1) is 0 Å². The Hall–Kier alpha value is -2.36. The first-order valence-corrected chi connectivity index (χ1v) is 10.2.